The molecule has 1 aromatic carbocycles. The monoisotopic (exact) mass is 352 g/mol. The summed E-state index contributed by atoms with van der Waals surface area (Å²) in [5, 5.41) is 0. The Morgan fingerprint density at radius 1 is 1.08 bits per heavy atom. The lowest BCUT2D eigenvalue weighted by atomic mass is 9.55. The van der Waals surface area contributed by atoms with Gasteiger partial charge in [0.1, 0.15) is 0 Å². The Hall–Kier alpha value is -1.04. The van der Waals surface area contributed by atoms with Crippen molar-refractivity contribution in [3.05, 3.63) is 46.0 Å². The fraction of sp³-hybridized carbons (Fsp3) is 0.692. The molecule has 3 aliphatic rings. The molecular weight excluding hydrogens is 312 g/mol. The van der Waals surface area contributed by atoms with Gasteiger partial charge in [0.25, 0.3) is 0 Å². The third-order valence-electron chi connectivity index (χ3n) is 7.86. The van der Waals surface area contributed by atoms with E-state index in [1.54, 1.807) is 22.3 Å². The highest BCUT2D eigenvalue weighted by molar-refractivity contribution is 5.43. The minimum atomic E-state index is 0.521. The number of allylic oxidation sites excluding steroid dienone is 2. The summed E-state index contributed by atoms with van der Waals surface area (Å²) in [4.78, 5) is 0. The molecule has 0 nitrogen and oxygen atoms in total. The average Bonchev–Trinajstić information content (AvgIpc) is 2.99. The SMILES string of the molecule is CC.CC/C=C1\CCC2C3CCc4cc(C)c(CC)cc4C3CCC12C. The molecule has 0 heteroatoms. The van der Waals surface area contributed by atoms with E-state index in [4.69, 9.17) is 0 Å². The number of fused-ring (bicyclic) bond motifs is 5. The molecule has 1 aromatic rings. The highest BCUT2D eigenvalue weighted by atomic mass is 14.6. The number of aryl methyl sites for hydroxylation is 3. The topological polar surface area (TPSA) is 0 Å². The molecule has 4 rings (SSSR count). The zero-order valence-corrected chi connectivity index (χ0v) is 18.1. The van der Waals surface area contributed by atoms with Gasteiger partial charge in [-0.3, -0.25) is 0 Å². The molecule has 2 saturated carbocycles. The second-order valence-electron chi connectivity index (χ2n) is 8.88. The van der Waals surface area contributed by atoms with Crippen molar-refractivity contribution in [2.75, 3.05) is 0 Å². The number of hydrogen-bond donors (Lipinski definition) is 0. The first-order valence-corrected chi connectivity index (χ1v) is 11.4. The number of benzene rings is 1. The van der Waals surface area contributed by atoms with Crippen molar-refractivity contribution < 1.29 is 0 Å². The molecule has 3 aliphatic carbocycles. The van der Waals surface area contributed by atoms with Crippen LogP contribution in [0.3, 0.4) is 0 Å². The van der Waals surface area contributed by atoms with Gasteiger partial charge in [-0.25, -0.2) is 0 Å². The van der Waals surface area contributed by atoms with Crippen LogP contribution in [0.15, 0.2) is 23.8 Å². The van der Waals surface area contributed by atoms with E-state index >= 15 is 0 Å². The summed E-state index contributed by atoms with van der Waals surface area (Å²) in [6.45, 7) is 13.5. The normalized spacial score (nSPS) is 33.8. The molecule has 2 fully saturated rings. The smallest absolute Gasteiger partial charge is 0.00850 e. The van der Waals surface area contributed by atoms with Crippen molar-refractivity contribution in [1.29, 1.82) is 0 Å². The van der Waals surface area contributed by atoms with Gasteiger partial charge in [-0.1, -0.05) is 58.4 Å². The maximum atomic E-state index is 2.60. The standard InChI is InChI=1S/C24H34.C2H6/c1-5-7-19-9-11-23-21-10-8-18-14-16(3)17(6-2)15-22(18)20(21)12-13-24(19,23)4;1-2/h7,14-15,20-21,23H,5-6,8-13H2,1-4H3;1-2H3/b19-7+;. The molecule has 0 spiro atoms. The summed E-state index contributed by atoms with van der Waals surface area (Å²) >= 11 is 0. The molecule has 0 aromatic heterocycles. The predicted octanol–water partition coefficient (Wildman–Crippen LogP) is 7.78. The lowest BCUT2D eigenvalue weighted by molar-refractivity contribution is 0.0812. The molecule has 0 radical (unpaired) electrons. The van der Waals surface area contributed by atoms with E-state index in [1.807, 2.05) is 13.8 Å². The quantitative estimate of drug-likeness (QED) is 0.477. The molecule has 144 valence electrons. The first-order chi connectivity index (χ1) is 12.6. The van der Waals surface area contributed by atoms with Gasteiger partial charge in [0.05, 0.1) is 0 Å². The van der Waals surface area contributed by atoms with Crippen LogP contribution in [0.2, 0.25) is 0 Å². The van der Waals surface area contributed by atoms with E-state index in [1.165, 1.54) is 56.9 Å². The van der Waals surface area contributed by atoms with Crippen molar-refractivity contribution in [3.63, 3.8) is 0 Å². The third-order valence-corrected chi connectivity index (χ3v) is 7.86. The molecule has 0 aliphatic heterocycles. The van der Waals surface area contributed by atoms with Crippen LogP contribution < -0.4 is 0 Å². The van der Waals surface area contributed by atoms with Gasteiger partial charge in [0, 0.05) is 0 Å². The van der Waals surface area contributed by atoms with Crippen LogP contribution in [0.4, 0.5) is 0 Å². The lowest BCUT2D eigenvalue weighted by Crippen LogP contribution is -2.40. The van der Waals surface area contributed by atoms with Gasteiger partial charge >= 0.3 is 0 Å². The van der Waals surface area contributed by atoms with Crippen molar-refractivity contribution in [1.82, 2.24) is 0 Å². The minimum Gasteiger partial charge on any atom is -0.0850 e. The molecule has 0 heterocycles. The maximum Gasteiger partial charge on any atom is -0.00850 e. The fourth-order valence-corrected chi connectivity index (χ4v) is 6.60. The molecule has 4 unspecified atom stereocenters. The molecule has 0 bridgehead atoms. The van der Waals surface area contributed by atoms with Crippen LogP contribution in [-0.2, 0) is 12.8 Å². The van der Waals surface area contributed by atoms with Gasteiger partial charge < -0.3 is 0 Å². The minimum absolute atomic E-state index is 0.521. The zero-order chi connectivity index (χ0) is 18.9. The Labute approximate surface area is 162 Å². The number of rotatable bonds is 2. The molecule has 0 saturated heterocycles. The molecule has 0 N–H and O–H groups in total. The average molecular weight is 353 g/mol. The van der Waals surface area contributed by atoms with Crippen molar-refractivity contribution in [3.8, 4) is 0 Å². The molecule has 26 heavy (non-hydrogen) atoms. The first kappa shape index (κ1) is 19.7. The molecule has 4 atom stereocenters. The van der Waals surface area contributed by atoms with Gasteiger partial charge in [-0.15, -0.1) is 0 Å². The Bertz CT molecular complexity index is 665. The molecule has 0 amide bonds. The Morgan fingerprint density at radius 2 is 1.85 bits per heavy atom. The van der Waals surface area contributed by atoms with Crippen LogP contribution in [0.25, 0.3) is 0 Å². The van der Waals surface area contributed by atoms with E-state index in [0.29, 0.717) is 5.41 Å². The summed E-state index contributed by atoms with van der Waals surface area (Å²) in [5.74, 6) is 2.72. The lowest BCUT2D eigenvalue weighted by Gasteiger charge is -2.50. The van der Waals surface area contributed by atoms with E-state index in [9.17, 15) is 0 Å². The van der Waals surface area contributed by atoms with Crippen LogP contribution in [0.5, 0.6) is 0 Å². The Balaban J connectivity index is 0.000000948. The first-order valence-electron chi connectivity index (χ1n) is 11.4. The van der Waals surface area contributed by atoms with Crippen LogP contribution in [0.1, 0.15) is 101 Å². The Kier molecular flexibility index (Phi) is 6.00. The van der Waals surface area contributed by atoms with E-state index < -0.39 is 0 Å². The summed E-state index contributed by atoms with van der Waals surface area (Å²) in [5.41, 5.74) is 8.84. The number of hydrogen-bond acceptors (Lipinski definition) is 0. The Morgan fingerprint density at radius 3 is 2.54 bits per heavy atom. The second-order valence-corrected chi connectivity index (χ2v) is 8.88. The fourth-order valence-electron chi connectivity index (χ4n) is 6.60. The predicted molar refractivity (Wildman–Crippen MR) is 115 cm³/mol. The van der Waals surface area contributed by atoms with Gasteiger partial charge in [0.15, 0.2) is 0 Å². The largest absolute Gasteiger partial charge is 0.0850 e. The third kappa shape index (κ3) is 3.08. The summed E-state index contributed by atoms with van der Waals surface area (Å²) in [7, 11) is 0. The second kappa shape index (κ2) is 7.91. The van der Waals surface area contributed by atoms with Crippen molar-refractivity contribution in [2.45, 2.75) is 98.8 Å². The summed E-state index contributed by atoms with van der Waals surface area (Å²) in [6, 6.07) is 5.12. The van der Waals surface area contributed by atoms with Crippen LogP contribution in [-0.4, -0.2) is 0 Å². The van der Waals surface area contributed by atoms with Gasteiger partial charge in [0.2, 0.25) is 0 Å². The van der Waals surface area contributed by atoms with E-state index in [-0.39, 0.29) is 0 Å². The van der Waals surface area contributed by atoms with Crippen molar-refractivity contribution >= 4 is 0 Å². The maximum absolute atomic E-state index is 2.60. The highest BCUT2D eigenvalue weighted by Crippen LogP contribution is 2.62. The summed E-state index contributed by atoms with van der Waals surface area (Å²) < 4.78 is 0. The van der Waals surface area contributed by atoms with E-state index in [0.717, 1.165) is 17.8 Å². The highest BCUT2D eigenvalue weighted by Gasteiger charge is 2.52. The van der Waals surface area contributed by atoms with Crippen molar-refractivity contribution in [2.24, 2.45) is 17.3 Å². The van der Waals surface area contributed by atoms with Gasteiger partial charge in [-0.2, -0.15) is 0 Å². The summed E-state index contributed by atoms with van der Waals surface area (Å²) in [6.07, 6.45) is 13.4. The van der Waals surface area contributed by atoms with Gasteiger partial charge in [-0.05, 0) is 104 Å². The zero-order valence-electron chi connectivity index (χ0n) is 18.1. The van der Waals surface area contributed by atoms with Crippen LogP contribution in [0, 0.1) is 24.2 Å². The van der Waals surface area contributed by atoms with E-state index in [2.05, 4.69) is 45.9 Å². The van der Waals surface area contributed by atoms with Crippen LogP contribution >= 0.6 is 0 Å². The molecular formula is C26H40.